The van der Waals surface area contributed by atoms with Gasteiger partial charge in [0, 0.05) is 0 Å². The molecule has 2 saturated carbocycles. The standard InChI is InChI=1S/C21H32O5/c1-19(2)15-7-10-21(12-26-21)16(20(15,3)9-8-17(19)22)6-5-13(14-11-25-14)18(23)24-4/h5,14-17,22H,6-12H2,1-4H3/b13-5+/t14-,15-,16+,17-,20+,21+/m0/s1. The zero-order chi connectivity index (χ0) is 18.7. The van der Waals surface area contributed by atoms with Crippen molar-refractivity contribution in [3.63, 3.8) is 0 Å². The summed E-state index contributed by atoms with van der Waals surface area (Å²) >= 11 is 0. The number of aliphatic hydroxyl groups excluding tert-OH is 1. The van der Waals surface area contributed by atoms with Crippen LogP contribution in [-0.4, -0.2) is 49.2 Å². The molecule has 2 heterocycles. The first-order valence-corrected chi connectivity index (χ1v) is 9.96. The number of epoxide rings is 2. The molecule has 0 radical (unpaired) electrons. The first kappa shape index (κ1) is 18.5. The highest BCUT2D eigenvalue weighted by Crippen LogP contribution is 2.66. The fraction of sp³-hybridized carbons (Fsp3) is 0.857. The molecule has 2 aliphatic carbocycles. The summed E-state index contributed by atoms with van der Waals surface area (Å²) in [5.74, 6) is 0.542. The monoisotopic (exact) mass is 364 g/mol. The number of aliphatic hydroxyl groups is 1. The lowest BCUT2D eigenvalue weighted by atomic mass is 9.45. The molecule has 0 unspecified atom stereocenters. The summed E-state index contributed by atoms with van der Waals surface area (Å²) < 4.78 is 16.3. The molecule has 0 aromatic heterocycles. The number of carbonyl (C=O) groups is 1. The Kier molecular flexibility index (Phi) is 4.29. The van der Waals surface area contributed by atoms with E-state index in [2.05, 4.69) is 20.8 Å². The van der Waals surface area contributed by atoms with Gasteiger partial charge >= 0.3 is 5.97 Å². The van der Waals surface area contributed by atoms with Crippen molar-refractivity contribution in [1.82, 2.24) is 0 Å². The fourth-order valence-electron chi connectivity index (χ4n) is 6.22. The van der Waals surface area contributed by atoms with Crippen LogP contribution in [0.15, 0.2) is 11.6 Å². The van der Waals surface area contributed by atoms with Crippen LogP contribution in [0.1, 0.15) is 52.9 Å². The van der Waals surface area contributed by atoms with Crippen LogP contribution >= 0.6 is 0 Å². The number of esters is 1. The topological polar surface area (TPSA) is 71.6 Å². The Morgan fingerprint density at radius 1 is 1.27 bits per heavy atom. The van der Waals surface area contributed by atoms with Gasteiger partial charge in [-0.1, -0.05) is 26.8 Å². The molecule has 6 atom stereocenters. The minimum absolute atomic E-state index is 0.0360. The van der Waals surface area contributed by atoms with E-state index in [1.165, 1.54) is 7.11 Å². The van der Waals surface area contributed by atoms with Gasteiger partial charge in [0.25, 0.3) is 0 Å². The smallest absolute Gasteiger partial charge is 0.336 e. The van der Waals surface area contributed by atoms with Crippen LogP contribution in [0, 0.1) is 22.7 Å². The second kappa shape index (κ2) is 6.05. The van der Waals surface area contributed by atoms with Gasteiger partial charge in [-0.3, -0.25) is 0 Å². The zero-order valence-corrected chi connectivity index (χ0v) is 16.4. The maximum absolute atomic E-state index is 12.1. The zero-order valence-electron chi connectivity index (χ0n) is 16.4. The SMILES string of the molecule is COC(=O)/C(=C/C[C@H]1[C@@]2(CC[C@H]3C(C)(C)[C@@H](O)CC[C@]31C)CO2)[C@@H]1CO1. The van der Waals surface area contributed by atoms with E-state index >= 15 is 0 Å². The van der Waals surface area contributed by atoms with Gasteiger partial charge in [-0.25, -0.2) is 4.79 Å². The van der Waals surface area contributed by atoms with Gasteiger partial charge in [0.1, 0.15) is 6.10 Å². The summed E-state index contributed by atoms with van der Waals surface area (Å²) in [6.07, 6.45) is 6.52. The quantitative estimate of drug-likeness (QED) is 0.472. The van der Waals surface area contributed by atoms with Crippen LogP contribution in [0.4, 0.5) is 0 Å². The molecule has 0 aromatic rings. The maximum Gasteiger partial charge on any atom is 0.336 e. The van der Waals surface area contributed by atoms with Gasteiger partial charge in [-0.05, 0) is 54.8 Å². The Morgan fingerprint density at radius 3 is 2.54 bits per heavy atom. The Hall–Kier alpha value is -0.910. The van der Waals surface area contributed by atoms with E-state index in [-0.39, 0.29) is 34.6 Å². The van der Waals surface area contributed by atoms with Crippen LogP contribution in [0.5, 0.6) is 0 Å². The second-order valence-electron chi connectivity index (χ2n) is 9.59. The van der Waals surface area contributed by atoms with Crippen LogP contribution in [0.25, 0.3) is 0 Å². The van der Waals surface area contributed by atoms with E-state index < -0.39 is 0 Å². The van der Waals surface area contributed by atoms with Crippen LogP contribution < -0.4 is 0 Å². The predicted octanol–water partition coefficient (Wildman–Crippen LogP) is 2.86. The molecule has 5 heteroatoms. The molecule has 2 saturated heterocycles. The number of fused-ring (bicyclic) bond motifs is 1. The Morgan fingerprint density at radius 2 is 1.96 bits per heavy atom. The van der Waals surface area contributed by atoms with Crippen molar-refractivity contribution < 1.29 is 24.1 Å². The summed E-state index contributed by atoms with van der Waals surface area (Å²) in [6, 6.07) is 0. The van der Waals surface area contributed by atoms with Gasteiger partial charge < -0.3 is 19.3 Å². The molecule has 2 aliphatic heterocycles. The van der Waals surface area contributed by atoms with Crippen LogP contribution in [0.2, 0.25) is 0 Å². The lowest BCUT2D eigenvalue weighted by Gasteiger charge is -2.60. The number of ether oxygens (including phenoxy) is 3. The normalized spacial score (nSPS) is 46.6. The van der Waals surface area contributed by atoms with Crippen LogP contribution in [0.3, 0.4) is 0 Å². The molecule has 4 rings (SSSR count). The van der Waals surface area contributed by atoms with Crippen molar-refractivity contribution in [1.29, 1.82) is 0 Å². The van der Waals surface area contributed by atoms with Crippen molar-refractivity contribution in [2.45, 2.75) is 70.7 Å². The van der Waals surface area contributed by atoms with E-state index in [0.717, 1.165) is 38.7 Å². The lowest BCUT2D eigenvalue weighted by molar-refractivity contribution is -0.153. The molecular weight excluding hydrogens is 332 g/mol. The first-order valence-electron chi connectivity index (χ1n) is 9.96. The van der Waals surface area contributed by atoms with Gasteiger partial charge in [0.15, 0.2) is 0 Å². The summed E-state index contributed by atoms with van der Waals surface area (Å²) in [4.78, 5) is 12.1. The van der Waals surface area contributed by atoms with E-state index in [0.29, 0.717) is 24.0 Å². The Bertz CT molecular complexity index is 616. The maximum atomic E-state index is 12.1. The van der Waals surface area contributed by atoms with Gasteiger partial charge in [0.2, 0.25) is 0 Å². The third-order valence-electron chi connectivity index (χ3n) is 7.99. The third-order valence-corrected chi connectivity index (χ3v) is 7.99. The highest BCUT2D eigenvalue weighted by molar-refractivity contribution is 5.90. The second-order valence-corrected chi connectivity index (χ2v) is 9.59. The minimum Gasteiger partial charge on any atom is -0.466 e. The van der Waals surface area contributed by atoms with Crippen molar-refractivity contribution in [3.8, 4) is 0 Å². The molecule has 1 N–H and O–H groups in total. The summed E-state index contributed by atoms with van der Waals surface area (Å²) in [5.41, 5.74) is 0.644. The van der Waals surface area contributed by atoms with E-state index in [9.17, 15) is 9.90 Å². The average Bonchev–Trinajstić information content (AvgIpc) is 3.50. The fourth-order valence-corrected chi connectivity index (χ4v) is 6.22. The highest BCUT2D eigenvalue weighted by Gasteiger charge is 2.66. The molecule has 4 fully saturated rings. The van der Waals surface area contributed by atoms with E-state index in [1.807, 2.05) is 6.08 Å². The van der Waals surface area contributed by atoms with Gasteiger partial charge in [-0.2, -0.15) is 0 Å². The first-order chi connectivity index (χ1) is 12.2. The Labute approximate surface area is 156 Å². The third kappa shape index (κ3) is 2.74. The molecule has 0 amide bonds. The molecule has 5 nitrogen and oxygen atoms in total. The molecule has 4 aliphatic rings. The highest BCUT2D eigenvalue weighted by atomic mass is 16.6. The van der Waals surface area contributed by atoms with E-state index in [1.54, 1.807) is 0 Å². The number of hydrogen-bond donors (Lipinski definition) is 1. The summed E-state index contributed by atoms with van der Waals surface area (Å²) in [5, 5.41) is 10.6. The number of methoxy groups -OCH3 is 1. The largest absolute Gasteiger partial charge is 0.466 e. The molecule has 1 spiro atoms. The number of carbonyl (C=O) groups excluding carboxylic acids is 1. The Balaban J connectivity index is 1.63. The number of rotatable bonds is 4. The van der Waals surface area contributed by atoms with E-state index in [4.69, 9.17) is 14.2 Å². The van der Waals surface area contributed by atoms with Crippen molar-refractivity contribution in [3.05, 3.63) is 11.6 Å². The predicted molar refractivity (Wildman–Crippen MR) is 96.5 cm³/mol. The molecule has 26 heavy (non-hydrogen) atoms. The molecule has 0 bridgehead atoms. The number of allylic oxidation sites excluding steroid dienone is 1. The molecular formula is C21H32O5. The lowest BCUT2D eigenvalue weighted by Crippen LogP contribution is -2.58. The van der Waals surface area contributed by atoms with Crippen LogP contribution in [-0.2, 0) is 19.0 Å². The van der Waals surface area contributed by atoms with Crippen molar-refractivity contribution >= 4 is 5.97 Å². The molecule has 0 aromatic carbocycles. The van der Waals surface area contributed by atoms with Gasteiger partial charge in [0.05, 0.1) is 37.6 Å². The van der Waals surface area contributed by atoms with Crippen molar-refractivity contribution in [2.75, 3.05) is 20.3 Å². The van der Waals surface area contributed by atoms with Crippen molar-refractivity contribution in [2.24, 2.45) is 22.7 Å². The van der Waals surface area contributed by atoms with Gasteiger partial charge in [-0.15, -0.1) is 0 Å². The average molecular weight is 364 g/mol. The summed E-state index contributed by atoms with van der Waals surface area (Å²) in [7, 11) is 1.42. The molecule has 146 valence electrons. The minimum atomic E-state index is -0.282. The number of hydrogen-bond acceptors (Lipinski definition) is 5. The summed E-state index contributed by atoms with van der Waals surface area (Å²) in [6.45, 7) is 8.25.